The first-order chi connectivity index (χ1) is 10.9. The van der Waals surface area contributed by atoms with Gasteiger partial charge in [0.1, 0.15) is 0 Å². The van der Waals surface area contributed by atoms with Gasteiger partial charge in [-0.15, -0.1) is 0 Å². The van der Waals surface area contributed by atoms with Gasteiger partial charge in [0.25, 0.3) is 0 Å². The van der Waals surface area contributed by atoms with E-state index < -0.39 is 11.4 Å². The second kappa shape index (κ2) is 6.30. The number of rotatable bonds is 3. The Morgan fingerprint density at radius 1 is 1.22 bits per heavy atom. The summed E-state index contributed by atoms with van der Waals surface area (Å²) in [6.45, 7) is 3.02. The summed E-state index contributed by atoms with van der Waals surface area (Å²) in [4.78, 5) is 25.1. The van der Waals surface area contributed by atoms with Crippen LogP contribution < -0.4 is 5.32 Å². The van der Waals surface area contributed by atoms with Gasteiger partial charge in [-0.05, 0) is 39.0 Å². The van der Waals surface area contributed by atoms with Crippen LogP contribution in [0.15, 0.2) is 0 Å². The Labute approximate surface area is 137 Å². The van der Waals surface area contributed by atoms with Crippen LogP contribution in [-0.4, -0.2) is 53.3 Å². The van der Waals surface area contributed by atoms with Gasteiger partial charge in [-0.25, -0.2) is 4.79 Å². The predicted octanol–water partition coefficient (Wildman–Crippen LogP) is 2.37. The van der Waals surface area contributed by atoms with Crippen molar-refractivity contribution in [1.29, 1.82) is 0 Å². The number of nitrogens with zero attached hydrogens (tertiary/aromatic N) is 1. The van der Waals surface area contributed by atoms with Crippen molar-refractivity contribution in [3.05, 3.63) is 0 Å². The Morgan fingerprint density at radius 3 is 2.61 bits per heavy atom. The smallest absolute Gasteiger partial charge is 0.317 e. The summed E-state index contributed by atoms with van der Waals surface area (Å²) in [5.74, 6) is -0.828. The molecule has 0 aromatic rings. The first-order valence-electron chi connectivity index (χ1n) is 8.87. The third-order valence-corrected chi connectivity index (χ3v) is 5.86. The number of amides is 2. The second-order valence-corrected chi connectivity index (χ2v) is 7.75. The SMILES string of the molecule is CC1(C(=O)O)CCN(C(=O)NCC2CCC3(CCCCC3)O2)C1. The van der Waals surface area contributed by atoms with Crippen LogP contribution in [0.4, 0.5) is 4.79 Å². The van der Waals surface area contributed by atoms with Crippen LogP contribution >= 0.6 is 0 Å². The standard InChI is InChI=1S/C17H28N2O4/c1-16(14(20)21)9-10-19(12-16)15(22)18-11-13-5-8-17(23-13)6-3-2-4-7-17/h13H,2-12H2,1H3,(H,18,22)(H,20,21). The molecule has 0 bridgehead atoms. The van der Waals surface area contributed by atoms with Gasteiger partial charge in [-0.1, -0.05) is 19.3 Å². The van der Waals surface area contributed by atoms with Gasteiger partial charge in [-0.2, -0.15) is 0 Å². The van der Waals surface area contributed by atoms with Crippen LogP contribution in [0.5, 0.6) is 0 Å². The van der Waals surface area contributed by atoms with Crippen molar-refractivity contribution < 1.29 is 19.4 Å². The van der Waals surface area contributed by atoms with Gasteiger partial charge in [0, 0.05) is 19.6 Å². The number of aliphatic carboxylic acids is 1. The monoisotopic (exact) mass is 324 g/mol. The largest absolute Gasteiger partial charge is 0.481 e. The summed E-state index contributed by atoms with van der Waals surface area (Å²) in [6, 6.07) is -0.164. The molecule has 1 saturated carbocycles. The van der Waals surface area contributed by atoms with Crippen LogP contribution in [0.2, 0.25) is 0 Å². The van der Waals surface area contributed by atoms with Crippen LogP contribution in [0.25, 0.3) is 0 Å². The zero-order valence-corrected chi connectivity index (χ0v) is 14.0. The average molecular weight is 324 g/mol. The molecular formula is C17H28N2O4. The van der Waals surface area contributed by atoms with E-state index in [1.54, 1.807) is 11.8 Å². The third kappa shape index (κ3) is 3.47. The second-order valence-electron chi connectivity index (χ2n) is 7.75. The summed E-state index contributed by atoms with van der Waals surface area (Å²) in [7, 11) is 0. The van der Waals surface area contributed by atoms with Gasteiger partial charge >= 0.3 is 12.0 Å². The number of hydrogen-bond donors (Lipinski definition) is 2. The Bertz CT molecular complexity index is 475. The van der Waals surface area contributed by atoms with Crippen molar-refractivity contribution in [1.82, 2.24) is 10.2 Å². The lowest BCUT2D eigenvalue weighted by Crippen LogP contribution is -2.44. The molecule has 2 amide bonds. The van der Waals surface area contributed by atoms with Crippen LogP contribution in [0.1, 0.15) is 58.3 Å². The van der Waals surface area contributed by atoms with E-state index >= 15 is 0 Å². The van der Waals surface area contributed by atoms with Gasteiger partial charge in [0.15, 0.2) is 0 Å². The fraction of sp³-hybridized carbons (Fsp3) is 0.882. The third-order valence-electron chi connectivity index (χ3n) is 5.86. The maximum Gasteiger partial charge on any atom is 0.317 e. The minimum Gasteiger partial charge on any atom is -0.481 e. The van der Waals surface area contributed by atoms with Crippen LogP contribution in [0, 0.1) is 5.41 Å². The Kier molecular flexibility index (Phi) is 4.54. The molecule has 2 heterocycles. The van der Waals surface area contributed by atoms with Gasteiger partial charge < -0.3 is 20.1 Å². The number of likely N-dealkylation sites (tertiary alicyclic amines) is 1. The van der Waals surface area contributed by atoms with Crippen molar-refractivity contribution in [3.8, 4) is 0 Å². The fourth-order valence-electron chi connectivity index (χ4n) is 4.23. The first kappa shape index (κ1) is 16.6. The minimum atomic E-state index is -0.828. The zero-order valence-electron chi connectivity index (χ0n) is 14.0. The lowest BCUT2D eigenvalue weighted by molar-refractivity contribution is -0.147. The van der Waals surface area contributed by atoms with E-state index in [0.717, 1.165) is 25.7 Å². The van der Waals surface area contributed by atoms with Gasteiger partial charge in [0.2, 0.25) is 0 Å². The van der Waals surface area contributed by atoms with Gasteiger partial charge in [-0.3, -0.25) is 4.79 Å². The normalized spacial score (nSPS) is 33.1. The molecule has 6 heteroatoms. The van der Waals surface area contributed by atoms with E-state index in [1.165, 1.54) is 19.3 Å². The quantitative estimate of drug-likeness (QED) is 0.835. The number of nitrogens with one attached hydrogen (secondary N) is 1. The van der Waals surface area contributed by atoms with Crippen LogP contribution in [0.3, 0.4) is 0 Å². The van der Waals surface area contributed by atoms with Crippen molar-refractivity contribution in [2.45, 2.75) is 70.0 Å². The Morgan fingerprint density at radius 2 is 1.96 bits per heavy atom. The molecule has 2 saturated heterocycles. The number of hydrogen-bond acceptors (Lipinski definition) is 3. The lowest BCUT2D eigenvalue weighted by atomic mass is 9.83. The summed E-state index contributed by atoms with van der Waals surface area (Å²) < 4.78 is 6.25. The van der Waals surface area contributed by atoms with E-state index in [2.05, 4.69) is 5.32 Å². The summed E-state index contributed by atoms with van der Waals surface area (Å²) in [5, 5.41) is 12.2. The molecule has 0 radical (unpaired) electrons. The maximum atomic E-state index is 12.2. The molecule has 0 aromatic heterocycles. The van der Waals surface area contributed by atoms with E-state index in [-0.39, 0.29) is 24.3 Å². The molecule has 1 aliphatic carbocycles. The highest BCUT2D eigenvalue weighted by Gasteiger charge is 2.43. The molecule has 3 aliphatic rings. The average Bonchev–Trinajstić information content (AvgIpc) is 3.11. The van der Waals surface area contributed by atoms with Crippen molar-refractivity contribution in [2.75, 3.05) is 19.6 Å². The van der Waals surface area contributed by atoms with Gasteiger partial charge in [0.05, 0.1) is 17.1 Å². The first-order valence-corrected chi connectivity index (χ1v) is 8.87. The van der Waals surface area contributed by atoms with E-state index in [0.29, 0.717) is 19.5 Å². The van der Waals surface area contributed by atoms with Crippen molar-refractivity contribution >= 4 is 12.0 Å². The highest BCUT2D eigenvalue weighted by atomic mass is 16.5. The van der Waals surface area contributed by atoms with Crippen molar-refractivity contribution in [3.63, 3.8) is 0 Å². The Hall–Kier alpha value is -1.30. The number of urea groups is 1. The molecule has 2 unspecified atom stereocenters. The summed E-state index contributed by atoms with van der Waals surface area (Å²) in [5.41, 5.74) is -0.740. The molecule has 0 aromatic carbocycles. The number of carbonyl (C=O) groups excluding carboxylic acids is 1. The molecule has 2 atom stereocenters. The molecule has 1 spiro atoms. The highest BCUT2D eigenvalue weighted by molar-refractivity contribution is 5.79. The van der Waals surface area contributed by atoms with Crippen LogP contribution in [-0.2, 0) is 9.53 Å². The number of carbonyl (C=O) groups is 2. The fourth-order valence-corrected chi connectivity index (χ4v) is 4.23. The topological polar surface area (TPSA) is 78.9 Å². The summed E-state index contributed by atoms with van der Waals surface area (Å²) in [6.07, 6.45) is 8.84. The molecule has 130 valence electrons. The molecule has 2 aliphatic heterocycles. The minimum absolute atomic E-state index is 0.0726. The number of carboxylic acids is 1. The van der Waals surface area contributed by atoms with E-state index in [4.69, 9.17) is 4.74 Å². The molecule has 6 nitrogen and oxygen atoms in total. The van der Waals surface area contributed by atoms with Crippen molar-refractivity contribution in [2.24, 2.45) is 5.41 Å². The highest BCUT2D eigenvalue weighted by Crippen LogP contribution is 2.41. The molecule has 3 fully saturated rings. The van der Waals surface area contributed by atoms with E-state index in [1.807, 2.05) is 0 Å². The maximum absolute atomic E-state index is 12.2. The number of ether oxygens (including phenoxy) is 1. The predicted molar refractivity (Wildman–Crippen MR) is 85.3 cm³/mol. The molecular weight excluding hydrogens is 296 g/mol. The molecule has 3 rings (SSSR count). The Balaban J connectivity index is 1.44. The van der Waals surface area contributed by atoms with E-state index in [9.17, 15) is 14.7 Å². The zero-order chi connectivity index (χ0) is 16.5. The lowest BCUT2D eigenvalue weighted by Gasteiger charge is -2.33. The number of carboxylic acid groups (broad SMARTS) is 1. The summed E-state index contributed by atoms with van der Waals surface area (Å²) >= 11 is 0. The molecule has 23 heavy (non-hydrogen) atoms. The molecule has 2 N–H and O–H groups in total.